The first kappa shape index (κ1) is 24.8. The standard InChI is InChI=1S/C29H29N3O4S/c1-34-24-11-9-23(10-12-24)31-14-16-32(17-15-31)29-30-28(33)27(37-29)19-22-8-13-25(26(18-22)35-2)36-20-21-6-4-3-5-7-21/h3-13,18-19H,14-17,20H2,1-2H3/b27-19-. The van der Waals surface area contributed by atoms with E-state index in [0.29, 0.717) is 23.0 Å². The van der Waals surface area contributed by atoms with E-state index in [1.165, 1.54) is 17.4 Å². The van der Waals surface area contributed by atoms with E-state index in [1.54, 1.807) is 14.2 Å². The van der Waals surface area contributed by atoms with Crippen LogP contribution in [0, 0.1) is 0 Å². The highest BCUT2D eigenvalue weighted by Crippen LogP contribution is 2.34. The van der Waals surface area contributed by atoms with Gasteiger partial charge in [0.15, 0.2) is 16.7 Å². The predicted molar refractivity (Wildman–Crippen MR) is 149 cm³/mol. The quantitative estimate of drug-likeness (QED) is 0.407. The maximum Gasteiger partial charge on any atom is 0.286 e. The third kappa shape index (κ3) is 5.91. The Morgan fingerprint density at radius 2 is 1.59 bits per heavy atom. The van der Waals surface area contributed by atoms with E-state index >= 15 is 0 Å². The summed E-state index contributed by atoms with van der Waals surface area (Å²) in [7, 11) is 3.29. The number of ether oxygens (including phenoxy) is 3. The second kappa shape index (κ2) is 11.4. The molecule has 1 saturated heterocycles. The molecular formula is C29H29N3O4S. The van der Waals surface area contributed by atoms with Gasteiger partial charge in [-0.1, -0.05) is 36.4 Å². The minimum Gasteiger partial charge on any atom is -0.497 e. The number of methoxy groups -OCH3 is 2. The van der Waals surface area contributed by atoms with Crippen LogP contribution in [0.25, 0.3) is 6.08 Å². The van der Waals surface area contributed by atoms with Crippen molar-refractivity contribution in [3.8, 4) is 17.2 Å². The van der Waals surface area contributed by atoms with Crippen LogP contribution in [0.4, 0.5) is 5.69 Å². The molecule has 0 aromatic heterocycles. The van der Waals surface area contributed by atoms with Gasteiger partial charge in [-0.2, -0.15) is 4.99 Å². The second-order valence-corrected chi connectivity index (χ2v) is 9.68. The number of carbonyl (C=O) groups excluding carboxylic acids is 1. The molecule has 0 aliphatic carbocycles. The second-order valence-electron chi connectivity index (χ2n) is 8.67. The van der Waals surface area contributed by atoms with E-state index in [1.807, 2.05) is 66.7 Å². The molecule has 5 rings (SSSR count). The molecule has 3 aromatic carbocycles. The maximum atomic E-state index is 12.7. The topological polar surface area (TPSA) is 63.6 Å². The lowest BCUT2D eigenvalue weighted by Gasteiger charge is -2.36. The minimum absolute atomic E-state index is 0.207. The Hall–Kier alpha value is -3.91. The first-order chi connectivity index (χ1) is 18.1. The molecule has 37 heavy (non-hydrogen) atoms. The normalized spacial score (nSPS) is 16.6. The van der Waals surface area contributed by atoms with Crippen LogP contribution in [0.5, 0.6) is 17.2 Å². The first-order valence-corrected chi connectivity index (χ1v) is 13.0. The zero-order valence-corrected chi connectivity index (χ0v) is 21.7. The highest BCUT2D eigenvalue weighted by molar-refractivity contribution is 8.18. The molecule has 2 heterocycles. The summed E-state index contributed by atoms with van der Waals surface area (Å²) in [6.45, 7) is 3.79. The fourth-order valence-corrected chi connectivity index (χ4v) is 5.23. The van der Waals surface area contributed by atoms with Crippen LogP contribution in [0.1, 0.15) is 11.1 Å². The number of thioether (sulfide) groups is 1. The molecule has 0 bridgehead atoms. The Kier molecular flexibility index (Phi) is 7.65. The number of amidine groups is 1. The van der Waals surface area contributed by atoms with E-state index in [-0.39, 0.29) is 5.91 Å². The van der Waals surface area contributed by atoms with Gasteiger partial charge < -0.3 is 24.0 Å². The fraction of sp³-hybridized carbons (Fsp3) is 0.241. The van der Waals surface area contributed by atoms with Crippen molar-refractivity contribution in [1.29, 1.82) is 0 Å². The molecule has 0 N–H and O–H groups in total. The average Bonchev–Trinajstić information content (AvgIpc) is 3.32. The van der Waals surface area contributed by atoms with Crippen molar-refractivity contribution >= 4 is 34.6 Å². The van der Waals surface area contributed by atoms with E-state index in [0.717, 1.165) is 48.2 Å². The Bertz CT molecular complexity index is 1300. The molecule has 8 heteroatoms. The number of rotatable bonds is 7. The molecule has 190 valence electrons. The van der Waals surface area contributed by atoms with Crippen molar-refractivity contribution in [2.45, 2.75) is 6.61 Å². The van der Waals surface area contributed by atoms with Crippen LogP contribution in [-0.2, 0) is 11.4 Å². The molecule has 0 atom stereocenters. The van der Waals surface area contributed by atoms with Gasteiger partial charge in [0, 0.05) is 31.9 Å². The predicted octanol–water partition coefficient (Wildman–Crippen LogP) is 5.08. The Morgan fingerprint density at radius 1 is 0.865 bits per heavy atom. The van der Waals surface area contributed by atoms with Crippen LogP contribution in [-0.4, -0.2) is 56.4 Å². The molecule has 0 radical (unpaired) electrons. The largest absolute Gasteiger partial charge is 0.497 e. The summed E-state index contributed by atoms with van der Waals surface area (Å²) < 4.78 is 16.8. The van der Waals surface area contributed by atoms with Crippen molar-refractivity contribution < 1.29 is 19.0 Å². The summed E-state index contributed by atoms with van der Waals surface area (Å²) in [6, 6.07) is 23.8. The maximum absolute atomic E-state index is 12.7. The Morgan fingerprint density at radius 3 is 2.30 bits per heavy atom. The Balaban J connectivity index is 1.20. The fourth-order valence-electron chi connectivity index (χ4n) is 4.26. The summed E-state index contributed by atoms with van der Waals surface area (Å²) in [4.78, 5) is 22.1. The van der Waals surface area contributed by atoms with Gasteiger partial charge >= 0.3 is 0 Å². The van der Waals surface area contributed by atoms with Crippen molar-refractivity contribution in [2.75, 3.05) is 45.3 Å². The smallest absolute Gasteiger partial charge is 0.286 e. The number of hydrogen-bond acceptors (Lipinski definition) is 7. The Labute approximate surface area is 221 Å². The van der Waals surface area contributed by atoms with Crippen molar-refractivity contribution in [3.05, 3.63) is 88.8 Å². The van der Waals surface area contributed by atoms with Crippen LogP contribution in [0.2, 0.25) is 0 Å². The third-order valence-corrected chi connectivity index (χ3v) is 7.36. The molecular weight excluding hydrogens is 486 g/mol. The van der Waals surface area contributed by atoms with E-state index in [9.17, 15) is 4.79 Å². The van der Waals surface area contributed by atoms with E-state index < -0.39 is 0 Å². The molecule has 2 aliphatic heterocycles. The van der Waals surface area contributed by atoms with Crippen LogP contribution >= 0.6 is 11.8 Å². The molecule has 1 fully saturated rings. The summed E-state index contributed by atoms with van der Waals surface area (Å²) >= 11 is 1.43. The average molecular weight is 516 g/mol. The summed E-state index contributed by atoms with van der Waals surface area (Å²) in [6.07, 6.45) is 1.86. The number of aliphatic imine (C=N–C) groups is 1. The zero-order chi connectivity index (χ0) is 25.6. The monoisotopic (exact) mass is 515 g/mol. The van der Waals surface area contributed by atoms with E-state index in [2.05, 4.69) is 26.9 Å². The van der Waals surface area contributed by atoms with Gasteiger partial charge in [-0.05, 0) is 65.4 Å². The third-order valence-electron chi connectivity index (χ3n) is 6.32. The van der Waals surface area contributed by atoms with E-state index in [4.69, 9.17) is 14.2 Å². The van der Waals surface area contributed by atoms with Gasteiger partial charge in [-0.15, -0.1) is 0 Å². The van der Waals surface area contributed by atoms with Crippen LogP contribution in [0.15, 0.2) is 82.7 Å². The van der Waals surface area contributed by atoms with Gasteiger partial charge in [-0.3, -0.25) is 4.79 Å². The van der Waals surface area contributed by atoms with Crippen molar-refractivity contribution in [2.24, 2.45) is 4.99 Å². The molecule has 3 aromatic rings. The number of amides is 1. The van der Waals surface area contributed by atoms with Gasteiger partial charge in [0.1, 0.15) is 12.4 Å². The lowest BCUT2D eigenvalue weighted by atomic mass is 10.2. The van der Waals surface area contributed by atoms with Crippen molar-refractivity contribution in [3.63, 3.8) is 0 Å². The van der Waals surface area contributed by atoms with Gasteiger partial charge in [0.25, 0.3) is 5.91 Å². The van der Waals surface area contributed by atoms with Gasteiger partial charge in [-0.25, -0.2) is 0 Å². The number of nitrogens with zero attached hydrogens (tertiary/aromatic N) is 3. The molecule has 7 nitrogen and oxygen atoms in total. The molecule has 0 spiro atoms. The first-order valence-electron chi connectivity index (χ1n) is 12.1. The molecule has 2 aliphatic rings. The number of hydrogen-bond donors (Lipinski definition) is 0. The summed E-state index contributed by atoms with van der Waals surface area (Å²) in [5.41, 5.74) is 3.11. The van der Waals surface area contributed by atoms with Gasteiger partial charge in [0.05, 0.1) is 19.1 Å². The highest BCUT2D eigenvalue weighted by atomic mass is 32.2. The summed E-state index contributed by atoms with van der Waals surface area (Å²) in [5, 5.41) is 0.764. The number of carbonyl (C=O) groups is 1. The summed E-state index contributed by atoms with van der Waals surface area (Å²) in [5.74, 6) is 1.92. The van der Waals surface area contributed by atoms with Crippen molar-refractivity contribution in [1.82, 2.24) is 4.90 Å². The minimum atomic E-state index is -0.207. The number of piperazine rings is 1. The SMILES string of the molecule is COc1ccc(N2CCN(C3=NC(=O)/C(=C/c4ccc(OCc5ccccc5)c(OC)c4)S3)CC2)cc1. The van der Waals surface area contributed by atoms with Gasteiger partial charge in [0.2, 0.25) is 0 Å². The zero-order valence-electron chi connectivity index (χ0n) is 20.9. The number of anilines is 1. The molecule has 0 unspecified atom stereocenters. The lowest BCUT2D eigenvalue weighted by molar-refractivity contribution is -0.113. The van der Waals surface area contributed by atoms with Crippen LogP contribution in [0.3, 0.4) is 0 Å². The highest BCUT2D eigenvalue weighted by Gasteiger charge is 2.28. The number of benzene rings is 3. The van der Waals surface area contributed by atoms with Crippen LogP contribution < -0.4 is 19.1 Å². The molecule has 1 amide bonds. The lowest BCUT2D eigenvalue weighted by Crippen LogP contribution is -2.47. The molecule has 0 saturated carbocycles.